The van der Waals surface area contributed by atoms with Crippen LogP contribution in [0.25, 0.3) is 0 Å². The minimum atomic E-state index is -0.656. The van der Waals surface area contributed by atoms with Crippen LogP contribution in [0.3, 0.4) is 0 Å². The lowest BCUT2D eigenvalue weighted by atomic mass is 10.2. The first-order chi connectivity index (χ1) is 11.0. The van der Waals surface area contributed by atoms with E-state index >= 15 is 0 Å². The van der Waals surface area contributed by atoms with E-state index in [1.54, 1.807) is 10.9 Å². The van der Waals surface area contributed by atoms with Gasteiger partial charge in [0.15, 0.2) is 0 Å². The summed E-state index contributed by atoms with van der Waals surface area (Å²) in [5.74, 6) is -2.58. The summed E-state index contributed by atoms with van der Waals surface area (Å²) in [6.45, 7) is 0.281. The molecule has 0 saturated heterocycles. The zero-order chi connectivity index (χ0) is 16.4. The summed E-state index contributed by atoms with van der Waals surface area (Å²) in [5, 5.41) is 4.04. The highest BCUT2D eigenvalue weighted by molar-refractivity contribution is 5.19. The van der Waals surface area contributed by atoms with Gasteiger partial charge in [0.25, 0.3) is 6.33 Å². The largest absolute Gasteiger partial charge is 0.265 e. The summed E-state index contributed by atoms with van der Waals surface area (Å²) in [7, 11) is 0. The van der Waals surface area contributed by atoms with E-state index in [9.17, 15) is 17.6 Å². The van der Waals surface area contributed by atoms with E-state index in [4.69, 9.17) is 0 Å². The number of nitrogens with zero attached hydrogens (tertiary/aromatic N) is 3. The predicted molar refractivity (Wildman–Crippen MR) is 73.3 cm³/mol. The lowest BCUT2D eigenvalue weighted by Crippen LogP contribution is -2.32. The topological polar surface area (TPSA) is 21.7 Å². The molecule has 0 atom stereocenters. The van der Waals surface area contributed by atoms with Gasteiger partial charge in [-0.3, -0.25) is 0 Å². The van der Waals surface area contributed by atoms with Crippen LogP contribution in [0.1, 0.15) is 11.1 Å². The average Bonchev–Trinajstić information content (AvgIpc) is 2.92. The molecule has 0 radical (unpaired) electrons. The predicted octanol–water partition coefficient (Wildman–Crippen LogP) is 2.82. The number of aromatic nitrogens is 3. The van der Waals surface area contributed by atoms with Crippen molar-refractivity contribution < 1.29 is 22.1 Å². The molecule has 0 N–H and O–H groups in total. The second kappa shape index (κ2) is 6.20. The molecule has 3 rings (SSSR count). The highest BCUT2D eigenvalue weighted by Gasteiger charge is 2.12. The molecule has 2 aromatic carbocycles. The second-order valence-corrected chi connectivity index (χ2v) is 5.09. The SMILES string of the molecule is Fc1ccc(Cn2c[n+](Cc3ccc(F)cc3F)cn2)c(F)c1. The third-order valence-electron chi connectivity index (χ3n) is 3.35. The molecule has 0 aliphatic heterocycles. The maximum Gasteiger partial charge on any atom is 0.265 e. The first-order valence-electron chi connectivity index (χ1n) is 6.80. The summed E-state index contributed by atoms with van der Waals surface area (Å²) in [6.07, 6.45) is 3.01. The first kappa shape index (κ1) is 15.2. The molecule has 0 fully saturated rings. The van der Waals surface area contributed by atoms with Crippen molar-refractivity contribution in [2.45, 2.75) is 13.1 Å². The van der Waals surface area contributed by atoms with E-state index in [1.165, 1.54) is 35.3 Å². The van der Waals surface area contributed by atoms with Crippen LogP contribution in [0.2, 0.25) is 0 Å². The van der Waals surface area contributed by atoms with Crippen molar-refractivity contribution in [1.29, 1.82) is 0 Å². The van der Waals surface area contributed by atoms with Gasteiger partial charge < -0.3 is 0 Å². The summed E-state index contributed by atoms with van der Waals surface area (Å²) < 4.78 is 56.0. The van der Waals surface area contributed by atoms with E-state index in [2.05, 4.69) is 5.10 Å². The Morgan fingerprint density at radius 1 is 0.870 bits per heavy atom. The van der Waals surface area contributed by atoms with Crippen molar-refractivity contribution in [2.24, 2.45) is 0 Å². The van der Waals surface area contributed by atoms with E-state index < -0.39 is 23.3 Å². The zero-order valence-corrected chi connectivity index (χ0v) is 11.9. The van der Waals surface area contributed by atoms with E-state index in [1.807, 2.05) is 0 Å². The standard InChI is InChI=1S/C16H12F4N3/c17-13-3-1-11(15(19)5-13)7-22-9-21-23(10-22)8-12-2-4-14(18)6-16(12)20/h1-6,9-10H,7-8H2/q+1. The minimum absolute atomic E-state index is 0.116. The van der Waals surface area contributed by atoms with Crippen LogP contribution in [0.5, 0.6) is 0 Å². The fourth-order valence-electron chi connectivity index (χ4n) is 2.20. The summed E-state index contributed by atoms with van der Waals surface area (Å²) in [5.41, 5.74) is 0.596. The van der Waals surface area contributed by atoms with Crippen LogP contribution in [0.4, 0.5) is 17.6 Å². The number of halogens is 4. The fourth-order valence-corrected chi connectivity index (χ4v) is 2.20. The Kier molecular flexibility index (Phi) is 4.10. The minimum Gasteiger partial charge on any atom is -0.233 e. The summed E-state index contributed by atoms with van der Waals surface area (Å²) in [4.78, 5) is 0. The van der Waals surface area contributed by atoms with Crippen LogP contribution in [-0.4, -0.2) is 9.78 Å². The molecular formula is C16H12F4N3+. The molecule has 0 aliphatic carbocycles. The van der Waals surface area contributed by atoms with Crippen LogP contribution >= 0.6 is 0 Å². The summed E-state index contributed by atoms with van der Waals surface area (Å²) in [6, 6.07) is 6.67. The van der Waals surface area contributed by atoms with Crippen molar-refractivity contribution in [3.63, 3.8) is 0 Å². The highest BCUT2D eigenvalue weighted by atomic mass is 19.1. The Balaban J connectivity index is 1.75. The number of hydrogen-bond acceptors (Lipinski definition) is 1. The molecule has 0 unspecified atom stereocenters. The van der Waals surface area contributed by atoms with Crippen molar-refractivity contribution in [3.05, 3.63) is 83.4 Å². The number of rotatable bonds is 4. The van der Waals surface area contributed by atoms with Crippen LogP contribution in [0.15, 0.2) is 49.1 Å². The van der Waals surface area contributed by atoms with E-state index in [0.29, 0.717) is 5.56 Å². The van der Waals surface area contributed by atoms with Crippen molar-refractivity contribution >= 4 is 0 Å². The lowest BCUT2D eigenvalue weighted by Gasteiger charge is -2.01. The Bertz CT molecular complexity index is 777. The average molecular weight is 322 g/mol. The van der Waals surface area contributed by atoms with E-state index in [-0.39, 0.29) is 18.7 Å². The van der Waals surface area contributed by atoms with Crippen LogP contribution < -0.4 is 4.57 Å². The second-order valence-electron chi connectivity index (χ2n) is 5.09. The van der Waals surface area contributed by atoms with Gasteiger partial charge in [0.1, 0.15) is 29.8 Å². The normalized spacial score (nSPS) is 11.0. The third-order valence-corrected chi connectivity index (χ3v) is 3.35. The Morgan fingerprint density at radius 3 is 2.09 bits per heavy atom. The lowest BCUT2D eigenvalue weighted by molar-refractivity contribution is -0.689. The van der Waals surface area contributed by atoms with Gasteiger partial charge in [0.05, 0.1) is 6.54 Å². The van der Waals surface area contributed by atoms with Gasteiger partial charge in [-0.1, -0.05) is 0 Å². The van der Waals surface area contributed by atoms with Crippen molar-refractivity contribution in [1.82, 2.24) is 9.78 Å². The molecule has 7 heteroatoms. The molecule has 23 heavy (non-hydrogen) atoms. The molecular weight excluding hydrogens is 310 g/mol. The van der Waals surface area contributed by atoms with Crippen molar-refractivity contribution in [3.8, 4) is 0 Å². The van der Waals surface area contributed by atoms with Gasteiger partial charge in [-0.15, -0.1) is 4.68 Å². The van der Waals surface area contributed by atoms with Gasteiger partial charge >= 0.3 is 0 Å². The summed E-state index contributed by atoms with van der Waals surface area (Å²) >= 11 is 0. The van der Waals surface area contributed by atoms with Gasteiger partial charge in [-0.25, -0.2) is 22.1 Å². The molecule has 0 spiro atoms. The smallest absolute Gasteiger partial charge is 0.233 e. The van der Waals surface area contributed by atoms with Crippen LogP contribution in [-0.2, 0) is 13.1 Å². The highest BCUT2D eigenvalue weighted by Crippen LogP contribution is 2.11. The Hall–Kier alpha value is -2.70. The molecule has 118 valence electrons. The maximum absolute atomic E-state index is 13.6. The van der Waals surface area contributed by atoms with Crippen molar-refractivity contribution in [2.75, 3.05) is 0 Å². The molecule has 0 bridgehead atoms. The molecule has 3 aromatic rings. The molecule has 0 amide bonds. The number of benzene rings is 2. The first-order valence-corrected chi connectivity index (χ1v) is 6.80. The quantitative estimate of drug-likeness (QED) is 0.535. The van der Waals surface area contributed by atoms with Gasteiger partial charge in [-0.2, -0.15) is 0 Å². The van der Waals surface area contributed by atoms with Gasteiger partial charge in [0.2, 0.25) is 6.33 Å². The third kappa shape index (κ3) is 3.56. The van der Waals surface area contributed by atoms with Crippen LogP contribution in [0, 0.1) is 23.3 Å². The fraction of sp³-hybridized carbons (Fsp3) is 0.125. The molecule has 0 aliphatic rings. The monoisotopic (exact) mass is 322 g/mol. The molecule has 0 saturated carbocycles. The maximum atomic E-state index is 13.6. The Morgan fingerprint density at radius 2 is 1.48 bits per heavy atom. The molecule has 3 nitrogen and oxygen atoms in total. The van der Waals surface area contributed by atoms with Gasteiger partial charge in [-0.05, 0) is 24.3 Å². The molecule has 1 heterocycles. The molecule has 1 aromatic heterocycles. The van der Waals surface area contributed by atoms with Gasteiger partial charge in [0, 0.05) is 28.4 Å². The Labute approximate surface area is 129 Å². The number of hydrogen-bond donors (Lipinski definition) is 0. The van der Waals surface area contributed by atoms with E-state index in [0.717, 1.165) is 12.1 Å². The zero-order valence-electron chi connectivity index (χ0n) is 11.9.